The van der Waals surface area contributed by atoms with Crippen molar-refractivity contribution < 1.29 is 0 Å². The third kappa shape index (κ3) is 2.67. The summed E-state index contributed by atoms with van der Waals surface area (Å²) in [6, 6.07) is 6.48. The molecule has 2 unspecified atom stereocenters. The summed E-state index contributed by atoms with van der Waals surface area (Å²) in [5, 5.41) is 5.12. The Morgan fingerprint density at radius 2 is 2.17 bits per heavy atom. The fourth-order valence-corrected chi connectivity index (χ4v) is 3.62. The number of rotatable bonds is 2. The fraction of sp³-hybridized carbons (Fsp3) is 0.571. The first-order valence-electron chi connectivity index (χ1n) is 6.62. The summed E-state index contributed by atoms with van der Waals surface area (Å²) < 4.78 is 0. The highest BCUT2D eigenvalue weighted by molar-refractivity contribution is 6.35. The zero-order chi connectivity index (χ0) is 12.5. The van der Waals surface area contributed by atoms with E-state index in [1.807, 2.05) is 18.2 Å². The summed E-state index contributed by atoms with van der Waals surface area (Å²) in [6.45, 7) is 4.45. The van der Waals surface area contributed by atoms with E-state index < -0.39 is 0 Å². The molecule has 3 rings (SSSR count). The number of likely N-dealkylation sites (tertiary alicyclic amines) is 1. The van der Waals surface area contributed by atoms with E-state index in [4.69, 9.17) is 23.2 Å². The lowest BCUT2D eigenvalue weighted by molar-refractivity contribution is 0.313. The van der Waals surface area contributed by atoms with Gasteiger partial charge in [0.25, 0.3) is 0 Å². The molecule has 0 bridgehead atoms. The molecule has 2 nitrogen and oxygen atoms in total. The van der Waals surface area contributed by atoms with Gasteiger partial charge in [-0.3, -0.25) is 4.90 Å². The molecule has 1 aromatic carbocycles. The molecule has 4 heteroatoms. The van der Waals surface area contributed by atoms with Crippen LogP contribution in [-0.4, -0.2) is 30.6 Å². The second-order valence-electron chi connectivity index (χ2n) is 5.39. The van der Waals surface area contributed by atoms with Crippen molar-refractivity contribution in [3.8, 4) is 0 Å². The van der Waals surface area contributed by atoms with Gasteiger partial charge < -0.3 is 5.32 Å². The van der Waals surface area contributed by atoms with Gasteiger partial charge >= 0.3 is 0 Å². The standard InChI is InChI=1S/C14H18Cl2N2/c15-12-4-3-10(13(16)6-12)7-18-8-11-2-1-5-17-14(11)9-18/h3-4,6,11,14,17H,1-2,5,7-9H2. The molecule has 0 radical (unpaired) electrons. The minimum Gasteiger partial charge on any atom is -0.312 e. The second-order valence-corrected chi connectivity index (χ2v) is 6.24. The minimum absolute atomic E-state index is 0.685. The summed E-state index contributed by atoms with van der Waals surface area (Å²) in [7, 11) is 0. The zero-order valence-electron chi connectivity index (χ0n) is 10.3. The molecule has 2 aliphatic heterocycles. The van der Waals surface area contributed by atoms with Crippen molar-refractivity contribution in [2.45, 2.75) is 25.4 Å². The number of halogens is 2. The average Bonchev–Trinajstić information content (AvgIpc) is 2.75. The second kappa shape index (κ2) is 5.38. The highest BCUT2D eigenvalue weighted by Crippen LogP contribution is 2.28. The number of hydrogen-bond acceptors (Lipinski definition) is 2. The Balaban J connectivity index is 1.66. The van der Waals surface area contributed by atoms with Crippen molar-refractivity contribution >= 4 is 23.2 Å². The maximum absolute atomic E-state index is 6.23. The summed E-state index contributed by atoms with van der Waals surface area (Å²) in [5.74, 6) is 0.824. The molecular formula is C14H18Cl2N2. The van der Waals surface area contributed by atoms with Crippen LogP contribution in [0.2, 0.25) is 10.0 Å². The van der Waals surface area contributed by atoms with E-state index in [9.17, 15) is 0 Å². The molecule has 0 aliphatic carbocycles. The van der Waals surface area contributed by atoms with Crippen LogP contribution in [0.1, 0.15) is 18.4 Å². The molecule has 1 N–H and O–H groups in total. The van der Waals surface area contributed by atoms with E-state index in [-0.39, 0.29) is 0 Å². The normalized spacial score (nSPS) is 28.3. The quantitative estimate of drug-likeness (QED) is 0.898. The molecule has 0 aromatic heterocycles. The van der Waals surface area contributed by atoms with E-state index in [0.29, 0.717) is 11.1 Å². The van der Waals surface area contributed by atoms with Gasteiger partial charge in [0.1, 0.15) is 0 Å². The zero-order valence-corrected chi connectivity index (χ0v) is 11.8. The van der Waals surface area contributed by atoms with Crippen LogP contribution < -0.4 is 5.32 Å². The Hall–Kier alpha value is -0.280. The Kier molecular flexibility index (Phi) is 3.81. The van der Waals surface area contributed by atoms with E-state index >= 15 is 0 Å². The molecule has 18 heavy (non-hydrogen) atoms. The molecule has 0 amide bonds. The van der Waals surface area contributed by atoms with E-state index in [2.05, 4.69) is 10.2 Å². The molecule has 0 saturated carbocycles. The number of nitrogens with zero attached hydrogens (tertiary/aromatic N) is 1. The SMILES string of the molecule is Clc1ccc(CN2CC3CCCNC3C2)c(Cl)c1. The Morgan fingerprint density at radius 1 is 1.28 bits per heavy atom. The van der Waals surface area contributed by atoms with Gasteiger partial charge in [0.2, 0.25) is 0 Å². The van der Waals surface area contributed by atoms with Crippen LogP contribution in [-0.2, 0) is 6.54 Å². The number of piperidine rings is 1. The highest BCUT2D eigenvalue weighted by Gasteiger charge is 2.34. The summed E-state index contributed by atoms with van der Waals surface area (Å²) in [6.07, 6.45) is 2.68. The van der Waals surface area contributed by atoms with E-state index in [1.165, 1.54) is 31.5 Å². The predicted molar refractivity (Wildman–Crippen MR) is 76.3 cm³/mol. The Labute approximate surface area is 118 Å². The summed E-state index contributed by atoms with van der Waals surface area (Å²) in [5.41, 5.74) is 1.18. The minimum atomic E-state index is 0.685. The van der Waals surface area contributed by atoms with Gasteiger partial charge in [-0.05, 0) is 43.0 Å². The van der Waals surface area contributed by atoms with Crippen molar-refractivity contribution in [2.24, 2.45) is 5.92 Å². The lowest BCUT2D eigenvalue weighted by Gasteiger charge is -2.24. The third-order valence-electron chi connectivity index (χ3n) is 4.08. The van der Waals surface area contributed by atoms with Crippen molar-refractivity contribution in [1.29, 1.82) is 0 Å². The first-order valence-corrected chi connectivity index (χ1v) is 7.37. The molecule has 1 aromatic rings. The smallest absolute Gasteiger partial charge is 0.0465 e. The highest BCUT2D eigenvalue weighted by atomic mass is 35.5. The number of nitrogens with one attached hydrogen (secondary N) is 1. The predicted octanol–water partition coefficient (Wildman–Crippen LogP) is 3.18. The van der Waals surface area contributed by atoms with Gasteiger partial charge in [-0.25, -0.2) is 0 Å². The van der Waals surface area contributed by atoms with Crippen molar-refractivity contribution in [2.75, 3.05) is 19.6 Å². The van der Waals surface area contributed by atoms with Gasteiger partial charge in [-0.15, -0.1) is 0 Å². The number of fused-ring (bicyclic) bond motifs is 1. The molecule has 2 heterocycles. The van der Waals surface area contributed by atoms with Gasteiger partial charge in [0.15, 0.2) is 0 Å². The van der Waals surface area contributed by atoms with Crippen molar-refractivity contribution in [1.82, 2.24) is 10.2 Å². The molecule has 2 saturated heterocycles. The lowest BCUT2D eigenvalue weighted by Crippen LogP contribution is -2.40. The maximum Gasteiger partial charge on any atom is 0.0465 e. The van der Waals surface area contributed by atoms with E-state index in [1.54, 1.807) is 0 Å². The Bertz CT molecular complexity index is 422. The first-order chi connectivity index (χ1) is 8.72. The fourth-order valence-electron chi connectivity index (χ4n) is 3.16. The average molecular weight is 285 g/mol. The molecule has 2 atom stereocenters. The molecule has 2 fully saturated rings. The summed E-state index contributed by atoms with van der Waals surface area (Å²) >= 11 is 12.2. The topological polar surface area (TPSA) is 15.3 Å². The van der Waals surface area contributed by atoms with Crippen LogP contribution >= 0.6 is 23.2 Å². The summed E-state index contributed by atoms with van der Waals surface area (Å²) in [4.78, 5) is 2.50. The van der Waals surface area contributed by atoms with Crippen molar-refractivity contribution in [3.05, 3.63) is 33.8 Å². The molecule has 2 aliphatic rings. The third-order valence-corrected chi connectivity index (χ3v) is 4.67. The Morgan fingerprint density at radius 3 is 2.94 bits per heavy atom. The van der Waals surface area contributed by atoms with Crippen LogP contribution in [0.15, 0.2) is 18.2 Å². The van der Waals surface area contributed by atoms with Gasteiger partial charge in [0, 0.05) is 35.7 Å². The van der Waals surface area contributed by atoms with Gasteiger partial charge in [-0.2, -0.15) is 0 Å². The van der Waals surface area contributed by atoms with Gasteiger partial charge in [0.05, 0.1) is 0 Å². The van der Waals surface area contributed by atoms with Crippen LogP contribution in [0.25, 0.3) is 0 Å². The van der Waals surface area contributed by atoms with Crippen LogP contribution in [0.5, 0.6) is 0 Å². The number of benzene rings is 1. The molecule has 98 valence electrons. The monoisotopic (exact) mass is 284 g/mol. The first kappa shape index (κ1) is 12.7. The lowest BCUT2D eigenvalue weighted by atomic mass is 9.94. The van der Waals surface area contributed by atoms with Crippen LogP contribution in [0.4, 0.5) is 0 Å². The largest absolute Gasteiger partial charge is 0.312 e. The number of hydrogen-bond donors (Lipinski definition) is 1. The molecular weight excluding hydrogens is 267 g/mol. The molecule has 0 spiro atoms. The van der Waals surface area contributed by atoms with Crippen molar-refractivity contribution in [3.63, 3.8) is 0 Å². The van der Waals surface area contributed by atoms with E-state index in [0.717, 1.165) is 24.0 Å². The van der Waals surface area contributed by atoms with Crippen LogP contribution in [0, 0.1) is 5.92 Å². The maximum atomic E-state index is 6.23. The van der Waals surface area contributed by atoms with Gasteiger partial charge in [-0.1, -0.05) is 29.3 Å². The van der Waals surface area contributed by atoms with Crippen LogP contribution in [0.3, 0.4) is 0 Å².